The van der Waals surface area contributed by atoms with E-state index in [0.29, 0.717) is 18.1 Å². The third kappa shape index (κ3) is 6.30. The highest BCUT2D eigenvalue weighted by Crippen LogP contribution is 2.24. The van der Waals surface area contributed by atoms with Crippen molar-refractivity contribution >= 4 is 28.9 Å². The first-order valence-electron chi connectivity index (χ1n) is 9.20. The van der Waals surface area contributed by atoms with Crippen molar-refractivity contribution in [1.29, 1.82) is 0 Å². The molecular formula is C22H26O5S. The van der Waals surface area contributed by atoms with E-state index in [1.54, 1.807) is 17.5 Å². The fraction of sp³-hybridized carbons (Fsp3) is 0.409. The normalized spacial score (nSPS) is 12.3. The smallest absolute Gasteiger partial charge is 0.330 e. The van der Waals surface area contributed by atoms with Crippen LogP contribution in [-0.4, -0.2) is 24.1 Å². The molecule has 6 heteroatoms. The molecule has 2 aromatic rings. The Hall–Kier alpha value is -2.47. The van der Waals surface area contributed by atoms with Gasteiger partial charge in [-0.1, -0.05) is 32.9 Å². The van der Waals surface area contributed by atoms with Crippen LogP contribution in [0.4, 0.5) is 0 Å². The van der Waals surface area contributed by atoms with Crippen LogP contribution in [0.2, 0.25) is 0 Å². The molecule has 5 nitrogen and oxygen atoms in total. The summed E-state index contributed by atoms with van der Waals surface area (Å²) in [7, 11) is 0. The Labute approximate surface area is 169 Å². The summed E-state index contributed by atoms with van der Waals surface area (Å²) in [5.74, 6) is -2.43. The minimum absolute atomic E-state index is 0.0733. The molecule has 0 saturated carbocycles. The van der Waals surface area contributed by atoms with Gasteiger partial charge in [0.05, 0.1) is 6.61 Å². The third-order valence-electron chi connectivity index (χ3n) is 4.22. The molecule has 1 atom stereocenters. The van der Waals surface area contributed by atoms with Crippen molar-refractivity contribution in [3.8, 4) is 10.8 Å². The van der Waals surface area contributed by atoms with E-state index in [0.717, 1.165) is 5.75 Å². The molecule has 1 unspecified atom stereocenters. The summed E-state index contributed by atoms with van der Waals surface area (Å²) in [5.41, 5.74) is 1.29. The molecule has 28 heavy (non-hydrogen) atoms. The first kappa shape index (κ1) is 21.8. The summed E-state index contributed by atoms with van der Waals surface area (Å²) >= 11 is 1.23. The van der Waals surface area contributed by atoms with Crippen molar-refractivity contribution in [2.75, 3.05) is 6.61 Å². The number of hydrogen-bond acceptors (Lipinski definition) is 6. The highest BCUT2D eigenvalue weighted by atomic mass is 32.1. The fourth-order valence-corrected chi connectivity index (χ4v) is 3.21. The Kier molecular flexibility index (Phi) is 7.52. The van der Waals surface area contributed by atoms with Crippen molar-refractivity contribution in [1.82, 2.24) is 0 Å². The maximum Gasteiger partial charge on any atom is 0.330 e. The van der Waals surface area contributed by atoms with E-state index in [1.165, 1.54) is 23.8 Å². The molecule has 0 aliphatic rings. The summed E-state index contributed by atoms with van der Waals surface area (Å²) in [6, 6.07) is 11.2. The van der Waals surface area contributed by atoms with E-state index in [-0.39, 0.29) is 11.8 Å². The lowest BCUT2D eigenvalue weighted by Gasteiger charge is -2.19. The molecule has 0 amide bonds. The molecule has 0 aliphatic carbocycles. The summed E-state index contributed by atoms with van der Waals surface area (Å²) in [4.78, 5) is 36.3. The van der Waals surface area contributed by atoms with Crippen molar-refractivity contribution in [2.24, 2.45) is 5.92 Å². The van der Waals surface area contributed by atoms with E-state index < -0.39 is 23.5 Å². The van der Waals surface area contributed by atoms with Crippen LogP contribution in [0, 0.1) is 5.92 Å². The van der Waals surface area contributed by atoms with Crippen molar-refractivity contribution in [3.05, 3.63) is 47.3 Å². The van der Waals surface area contributed by atoms with Crippen LogP contribution < -0.4 is 9.47 Å². The molecule has 150 valence electrons. The number of hydrogen-bond donors (Lipinski definition) is 0. The van der Waals surface area contributed by atoms with Crippen LogP contribution in [0.25, 0.3) is 0 Å². The van der Waals surface area contributed by atoms with Gasteiger partial charge in [0.2, 0.25) is 0 Å². The van der Waals surface area contributed by atoms with Crippen LogP contribution in [0.5, 0.6) is 10.8 Å². The summed E-state index contributed by atoms with van der Waals surface area (Å²) in [5, 5.41) is 2.12. The standard InChI is InChI=1S/C22H26O5S/c1-15(23)20(21(25)27-19-8-6-14-28-19)18(24)7-5-13-26-17-11-9-16(10-12-17)22(2,3)4/h6,8-12,14,20H,5,7,13H2,1-4H3. The van der Waals surface area contributed by atoms with Gasteiger partial charge >= 0.3 is 5.97 Å². The zero-order valence-corrected chi connectivity index (χ0v) is 17.5. The maximum absolute atomic E-state index is 12.3. The maximum atomic E-state index is 12.3. The number of ketones is 2. The topological polar surface area (TPSA) is 69.7 Å². The quantitative estimate of drug-likeness (QED) is 0.349. The third-order valence-corrected chi connectivity index (χ3v) is 4.96. The minimum Gasteiger partial charge on any atom is -0.494 e. The molecule has 0 N–H and O–H groups in total. The average molecular weight is 403 g/mol. The Morgan fingerprint density at radius 2 is 1.75 bits per heavy atom. The Morgan fingerprint density at radius 3 is 2.29 bits per heavy atom. The predicted molar refractivity (Wildman–Crippen MR) is 109 cm³/mol. The fourth-order valence-electron chi connectivity index (χ4n) is 2.64. The lowest BCUT2D eigenvalue weighted by molar-refractivity contribution is -0.148. The second-order valence-electron chi connectivity index (χ2n) is 7.59. The number of thiophene rings is 1. The number of ether oxygens (including phenoxy) is 2. The van der Waals surface area contributed by atoms with Crippen LogP contribution in [0.15, 0.2) is 41.8 Å². The molecule has 2 rings (SSSR count). The molecule has 1 aromatic heterocycles. The Morgan fingerprint density at radius 1 is 1.07 bits per heavy atom. The molecule has 0 spiro atoms. The van der Waals surface area contributed by atoms with Gasteiger partial charge in [-0.3, -0.25) is 14.4 Å². The lowest BCUT2D eigenvalue weighted by Crippen LogP contribution is -2.33. The van der Waals surface area contributed by atoms with Crippen LogP contribution in [0.3, 0.4) is 0 Å². The second-order valence-corrected chi connectivity index (χ2v) is 8.50. The van der Waals surface area contributed by atoms with Gasteiger partial charge in [0.15, 0.2) is 22.5 Å². The molecule has 0 radical (unpaired) electrons. The monoisotopic (exact) mass is 402 g/mol. The average Bonchev–Trinajstić information content (AvgIpc) is 3.11. The van der Waals surface area contributed by atoms with E-state index in [4.69, 9.17) is 9.47 Å². The zero-order valence-electron chi connectivity index (χ0n) is 16.7. The van der Waals surface area contributed by atoms with Crippen LogP contribution in [0.1, 0.15) is 46.1 Å². The van der Waals surface area contributed by atoms with Gasteiger partial charge in [0.1, 0.15) is 5.75 Å². The number of carbonyl (C=O) groups is 3. The number of Topliss-reactive ketones (excluding diaryl/α,β-unsaturated/α-hetero) is 2. The molecule has 1 aromatic carbocycles. The van der Waals surface area contributed by atoms with Gasteiger partial charge in [-0.15, -0.1) is 11.3 Å². The van der Waals surface area contributed by atoms with Crippen LogP contribution in [-0.2, 0) is 19.8 Å². The molecule has 0 saturated heterocycles. The van der Waals surface area contributed by atoms with E-state index in [1.807, 2.05) is 24.3 Å². The van der Waals surface area contributed by atoms with E-state index in [9.17, 15) is 14.4 Å². The minimum atomic E-state index is -1.38. The molecule has 0 bridgehead atoms. The Balaban J connectivity index is 1.82. The summed E-state index contributed by atoms with van der Waals surface area (Å²) in [6.45, 7) is 7.98. The molecule has 0 aliphatic heterocycles. The zero-order chi connectivity index (χ0) is 20.7. The summed E-state index contributed by atoms with van der Waals surface area (Å²) in [6.07, 6.45) is 0.486. The first-order chi connectivity index (χ1) is 13.2. The first-order valence-corrected chi connectivity index (χ1v) is 10.1. The number of carbonyl (C=O) groups excluding carboxylic acids is 3. The summed E-state index contributed by atoms with van der Waals surface area (Å²) < 4.78 is 10.8. The number of esters is 1. The van der Waals surface area contributed by atoms with Crippen molar-refractivity contribution in [3.63, 3.8) is 0 Å². The van der Waals surface area contributed by atoms with E-state index >= 15 is 0 Å². The predicted octanol–water partition coefficient (Wildman–Crippen LogP) is 4.58. The van der Waals surface area contributed by atoms with Crippen molar-refractivity contribution < 1.29 is 23.9 Å². The number of benzene rings is 1. The Bertz CT molecular complexity index is 800. The highest BCUT2D eigenvalue weighted by Gasteiger charge is 2.32. The van der Waals surface area contributed by atoms with Gasteiger partial charge in [0, 0.05) is 6.42 Å². The molecule has 0 fully saturated rings. The van der Waals surface area contributed by atoms with Gasteiger partial charge in [0.25, 0.3) is 0 Å². The SMILES string of the molecule is CC(=O)C(C(=O)CCCOc1ccc(C(C)(C)C)cc1)C(=O)Oc1cccs1. The largest absolute Gasteiger partial charge is 0.494 e. The molecular weight excluding hydrogens is 376 g/mol. The van der Waals surface area contributed by atoms with Gasteiger partial charge < -0.3 is 9.47 Å². The van der Waals surface area contributed by atoms with Crippen LogP contribution >= 0.6 is 11.3 Å². The van der Waals surface area contributed by atoms with Gasteiger partial charge in [-0.2, -0.15) is 0 Å². The van der Waals surface area contributed by atoms with Crippen molar-refractivity contribution in [2.45, 2.75) is 46.0 Å². The van der Waals surface area contributed by atoms with E-state index in [2.05, 4.69) is 20.8 Å². The number of rotatable bonds is 9. The van der Waals surface area contributed by atoms with Gasteiger partial charge in [-0.05, 0) is 54.0 Å². The highest BCUT2D eigenvalue weighted by molar-refractivity contribution is 7.11. The second kappa shape index (κ2) is 9.64. The van der Waals surface area contributed by atoms with Gasteiger partial charge in [-0.25, -0.2) is 0 Å². The molecule has 1 heterocycles. The lowest BCUT2D eigenvalue weighted by atomic mass is 9.87.